The van der Waals surface area contributed by atoms with Gasteiger partial charge >= 0.3 is 0 Å². The molecule has 0 saturated heterocycles. The molecule has 0 unspecified atom stereocenters. The number of carbonyl (C=O) groups excluding carboxylic acids is 4. The number of imide groups is 1. The molecule has 0 aliphatic carbocycles. The van der Waals surface area contributed by atoms with Gasteiger partial charge in [-0.25, -0.2) is 0 Å². The van der Waals surface area contributed by atoms with E-state index >= 15 is 0 Å². The van der Waals surface area contributed by atoms with Crippen LogP contribution in [0.15, 0.2) is 42.5 Å². The van der Waals surface area contributed by atoms with E-state index in [1.807, 2.05) is 45.0 Å². The average Bonchev–Trinajstić information content (AvgIpc) is 3.00. The lowest BCUT2D eigenvalue weighted by molar-refractivity contribution is -0.121. The zero-order valence-corrected chi connectivity index (χ0v) is 18.7. The molecular weight excluding hydrogens is 406 g/mol. The normalized spacial score (nSPS) is 12.8. The topological polar surface area (TPSA) is 95.6 Å². The second-order valence-electron chi connectivity index (χ2n) is 8.47. The summed E-state index contributed by atoms with van der Waals surface area (Å²) >= 11 is 0. The highest BCUT2D eigenvalue weighted by Gasteiger charge is 2.36. The number of fused-ring (bicyclic) bond motifs is 1. The Kier molecular flexibility index (Phi) is 7.41. The molecule has 2 N–H and O–H groups in total. The minimum atomic E-state index is -0.366. The molecular formula is C25H29N3O4. The molecule has 0 atom stereocenters. The highest BCUT2D eigenvalue weighted by molar-refractivity contribution is 6.22. The quantitative estimate of drug-likeness (QED) is 0.468. The Hall–Kier alpha value is -3.48. The number of hydrogen-bond acceptors (Lipinski definition) is 4. The fourth-order valence-electron chi connectivity index (χ4n) is 3.54. The number of hydrogen-bond donors (Lipinski definition) is 2. The molecule has 2 aromatic carbocycles. The second-order valence-corrected chi connectivity index (χ2v) is 8.47. The molecule has 0 saturated carbocycles. The van der Waals surface area contributed by atoms with Gasteiger partial charge in [-0.15, -0.1) is 0 Å². The van der Waals surface area contributed by atoms with E-state index in [4.69, 9.17) is 0 Å². The molecule has 7 nitrogen and oxygen atoms in total. The van der Waals surface area contributed by atoms with Crippen LogP contribution in [0.25, 0.3) is 0 Å². The highest BCUT2D eigenvalue weighted by atomic mass is 16.2. The monoisotopic (exact) mass is 435 g/mol. The Morgan fingerprint density at radius 2 is 1.56 bits per heavy atom. The van der Waals surface area contributed by atoms with Crippen LogP contribution in [0.1, 0.15) is 62.5 Å². The number of rotatable bonds is 9. The Balaban J connectivity index is 1.45. The van der Waals surface area contributed by atoms with Crippen LogP contribution < -0.4 is 10.6 Å². The molecule has 0 fully saturated rings. The Labute approximate surface area is 188 Å². The first-order valence-electron chi connectivity index (χ1n) is 10.9. The van der Waals surface area contributed by atoms with Gasteiger partial charge in [0.25, 0.3) is 17.7 Å². The summed E-state index contributed by atoms with van der Waals surface area (Å²) in [6, 6.07) is 12.6. The van der Waals surface area contributed by atoms with Crippen LogP contribution in [0.2, 0.25) is 0 Å². The zero-order chi connectivity index (χ0) is 23.3. The zero-order valence-electron chi connectivity index (χ0n) is 18.7. The molecule has 2 aromatic rings. The van der Waals surface area contributed by atoms with Crippen molar-refractivity contribution in [1.82, 2.24) is 15.5 Å². The van der Waals surface area contributed by atoms with E-state index < -0.39 is 0 Å². The fourth-order valence-corrected chi connectivity index (χ4v) is 3.54. The molecule has 1 aliphatic rings. The Morgan fingerprint density at radius 3 is 2.25 bits per heavy atom. The van der Waals surface area contributed by atoms with Gasteiger partial charge in [0.2, 0.25) is 5.91 Å². The molecule has 0 aromatic heterocycles. The number of amides is 4. The molecule has 3 rings (SSSR count). The third-order valence-electron chi connectivity index (χ3n) is 5.27. The van der Waals surface area contributed by atoms with Gasteiger partial charge in [0.15, 0.2) is 0 Å². The number of aryl methyl sites for hydroxylation is 2. The van der Waals surface area contributed by atoms with E-state index in [0.29, 0.717) is 37.1 Å². The van der Waals surface area contributed by atoms with Crippen molar-refractivity contribution >= 4 is 23.6 Å². The number of carbonyl (C=O) groups is 4. The third kappa shape index (κ3) is 5.60. The minimum Gasteiger partial charge on any atom is -0.354 e. The second kappa shape index (κ2) is 10.2. The van der Waals surface area contributed by atoms with Crippen molar-refractivity contribution in [1.29, 1.82) is 0 Å². The van der Waals surface area contributed by atoms with E-state index in [9.17, 15) is 19.2 Å². The van der Waals surface area contributed by atoms with Crippen molar-refractivity contribution in [3.05, 3.63) is 70.3 Å². The van der Waals surface area contributed by atoms with E-state index in [1.165, 1.54) is 22.6 Å². The van der Waals surface area contributed by atoms with Crippen molar-refractivity contribution in [2.45, 2.75) is 33.6 Å². The van der Waals surface area contributed by atoms with E-state index in [-0.39, 0.29) is 41.7 Å². The predicted octanol–water partition coefficient (Wildman–Crippen LogP) is 2.73. The van der Waals surface area contributed by atoms with Crippen LogP contribution in [0.5, 0.6) is 0 Å². The van der Waals surface area contributed by atoms with Gasteiger partial charge in [0.1, 0.15) is 0 Å². The Morgan fingerprint density at radius 1 is 0.906 bits per heavy atom. The summed E-state index contributed by atoms with van der Waals surface area (Å²) in [6.07, 6.45) is 1.04. The molecule has 7 heteroatoms. The average molecular weight is 436 g/mol. The van der Waals surface area contributed by atoms with Gasteiger partial charge in [-0.05, 0) is 43.0 Å². The van der Waals surface area contributed by atoms with Crippen LogP contribution in [-0.2, 0) is 11.2 Å². The third-order valence-corrected chi connectivity index (χ3v) is 5.27. The first kappa shape index (κ1) is 23.2. The van der Waals surface area contributed by atoms with Crippen molar-refractivity contribution in [2.24, 2.45) is 5.92 Å². The first-order chi connectivity index (χ1) is 15.3. The highest BCUT2D eigenvalue weighted by Crippen LogP contribution is 2.24. The SMILES string of the molecule is Cc1ccc(CCC(=O)NCCNC(=O)c2ccc3c(c2)C(=O)N(CC(C)C)C3=O)cc1. The predicted molar refractivity (Wildman–Crippen MR) is 121 cm³/mol. The standard InChI is InChI=1S/C25H29N3O4/c1-16(2)15-28-24(31)20-10-9-19(14-21(20)25(28)32)23(30)27-13-12-26-22(29)11-8-18-6-4-17(3)5-7-18/h4-7,9-10,14,16H,8,11-13,15H2,1-3H3,(H,26,29)(H,27,30). The first-order valence-corrected chi connectivity index (χ1v) is 10.9. The van der Waals surface area contributed by atoms with Gasteiger partial charge in [0, 0.05) is 31.6 Å². The minimum absolute atomic E-state index is 0.0771. The largest absolute Gasteiger partial charge is 0.354 e. The van der Waals surface area contributed by atoms with Crippen LogP contribution >= 0.6 is 0 Å². The van der Waals surface area contributed by atoms with Crippen molar-refractivity contribution < 1.29 is 19.2 Å². The molecule has 0 bridgehead atoms. The summed E-state index contributed by atoms with van der Waals surface area (Å²) in [6.45, 7) is 6.80. The maximum Gasteiger partial charge on any atom is 0.261 e. The van der Waals surface area contributed by atoms with Gasteiger partial charge in [-0.3, -0.25) is 24.1 Å². The summed E-state index contributed by atoms with van der Waals surface area (Å²) in [4.78, 5) is 50.6. The van der Waals surface area contributed by atoms with Crippen LogP contribution in [0, 0.1) is 12.8 Å². The van der Waals surface area contributed by atoms with E-state index in [1.54, 1.807) is 6.07 Å². The molecule has 0 spiro atoms. The lowest BCUT2D eigenvalue weighted by Crippen LogP contribution is -2.34. The molecule has 168 valence electrons. The van der Waals surface area contributed by atoms with Gasteiger partial charge < -0.3 is 10.6 Å². The van der Waals surface area contributed by atoms with E-state index in [2.05, 4.69) is 10.6 Å². The van der Waals surface area contributed by atoms with Crippen LogP contribution in [-0.4, -0.2) is 48.2 Å². The van der Waals surface area contributed by atoms with Crippen LogP contribution in [0.3, 0.4) is 0 Å². The van der Waals surface area contributed by atoms with Crippen molar-refractivity contribution in [2.75, 3.05) is 19.6 Å². The maximum atomic E-state index is 12.6. The maximum absolute atomic E-state index is 12.6. The molecule has 32 heavy (non-hydrogen) atoms. The molecule has 0 radical (unpaired) electrons. The summed E-state index contributed by atoms with van der Waals surface area (Å²) < 4.78 is 0. The van der Waals surface area contributed by atoms with E-state index in [0.717, 1.165) is 5.56 Å². The lowest BCUT2D eigenvalue weighted by atomic mass is 10.1. The van der Waals surface area contributed by atoms with Gasteiger partial charge in [-0.1, -0.05) is 43.7 Å². The summed E-state index contributed by atoms with van der Waals surface area (Å²) in [5.41, 5.74) is 3.18. The fraction of sp³-hybridized carbons (Fsp3) is 0.360. The number of benzene rings is 2. The van der Waals surface area contributed by atoms with Crippen molar-refractivity contribution in [3.63, 3.8) is 0 Å². The smallest absolute Gasteiger partial charge is 0.261 e. The Bertz CT molecular complexity index is 1030. The van der Waals surface area contributed by atoms with Gasteiger partial charge in [0.05, 0.1) is 11.1 Å². The summed E-state index contributed by atoms with van der Waals surface area (Å²) in [5, 5.41) is 5.52. The number of nitrogens with one attached hydrogen (secondary N) is 2. The van der Waals surface area contributed by atoms with Crippen LogP contribution in [0.4, 0.5) is 0 Å². The summed E-state index contributed by atoms with van der Waals surface area (Å²) in [5.74, 6) is -0.962. The molecule has 4 amide bonds. The lowest BCUT2D eigenvalue weighted by Gasteiger charge is -2.15. The molecule has 1 aliphatic heterocycles. The summed E-state index contributed by atoms with van der Waals surface area (Å²) in [7, 11) is 0. The number of nitrogens with zero attached hydrogens (tertiary/aromatic N) is 1. The van der Waals surface area contributed by atoms with Crippen molar-refractivity contribution in [3.8, 4) is 0 Å². The van der Waals surface area contributed by atoms with Gasteiger partial charge in [-0.2, -0.15) is 0 Å². The molecule has 1 heterocycles.